The predicted molar refractivity (Wildman–Crippen MR) is 108 cm³/mol. The molecule has 0 aromatic heterocycles. The van der Waals surface area contributed by atoms with E-state index in [9.17, 15) is 9.90 Å². The number of carbonyl (C=O) groups is 1. The van der Waals surface area contributed by atoms with Gasteiger partial charge < -0.3 is 9.90 Å². The van der Waals surface area contributed by atoms with Crippen LogP contribution in [0.3, 0.4) is 0 Å². The first-order valence-electron chi connectivity index (χ1n) is 11.6. The van der Waals surface area contributed by atoms with Crippen molar-refractivity contribution in [2.24, 2.45) is 0 Å². The van der Waals surface area contributed by atoms with E-state index in [1.807, 2.05) is 0 Å². The van der Waals surface area contributed by atoms with E-state index in [0.29, 0.717) is 23.3 Å². The number of carbonyl (C=O) groups excluding carboxylic acids is 1. The molecule has 0 N–H and O–H groups in total. The first kappa shape index (κ1) is 22.4. The molecule has 1 aromatic carbocycles. The van der Waals surface area contributed by atoms with Gasteiger partial charge in [0.2, 0.25) is 0 Å². The van der Waals surface area contributed by atoms with Gasteiger partial charge in [-0.05, 0) is 73.0 Å². The number of carboxylic acids is 1. The number of aromatic carboxylic acids is 1. The summed E-state index contributed by atoms with van der Waals surface area (Å²) in [6, 6.07) is 4.62. The van der Waals surface area contributed by atoms with Gasteiger partial charge in [-0.25, -0.2) is 0 Å². The molecule has 0 amide bonds. The minimum atomic E-state index is -0.925. The molecule has 148 valence electrons. The second kappa shape index (κ2) is 10.6. The van der Waals surface area contributed by atoms with Crippen molar-refractivity contribution >= 4 is 5.97 Å². The van der Waals surface area contributed by atoms with Gasteiger partial charge in [0, 0.05) is 5.56 Å². The summed E-state index contributed by atoms with van der Waals surface area (Å²) in [5, 5.41) is 12.3. The van der Waals surface area contributed by atoms with Crippen molar-refractivity contribution in [1.29, 1.82) is 0 Å². The van der Waals surface area contributed by atoms with Gasteiger partial charge in [-0.1, -0.05) is 69.9 Å². The molecule has 0 unspecified atom stereocenters. The quantitative estimate of drug-likeness (QED) is 0.741. The smallest absolute Gasteiger partial charge is 0.545 e. The van der Waals surface area contributed by atoms with E-state index < -0.39 is 5.97 Å². The fourth-order valence-corrected chi connectivity index (χ4v) is 6.09. The Morgan fingerprint density at radius 1 is 0.643 bits per heavy atom. The molecule has 3 aliphatic rings. The molecule has 0 radical (unpaired) electrons. The van der Waals surface area contributed by atoms with Crippen LogP contribution in [0.4, 0.5) is 0 Å². The second-order valence-corrected chi connectivity index (χ2v) is 9.37. The summed E-state index contributed by atoms with van der Waals surface area (Å²) in [6.45, 7) is 0. The van der Waals surface area contributed by atoms with Crippen LogP contribution >= 0.6 is 0 Å². The van der Waals surface area contributed by atoms with Crippen LogP contribution in [0.25, 0.3) is 0 Å². The van der Waals surface area contributed by atoms with Crippen molar-refractivity contribution in [3.8, 4) is 0 Å². The van der Waals surface area contributed by atoms with Crippen molar-refractivity contribution in [2.45, 2.75) is 114 Å². The summed E-state index contributed by atoms with van der Waals surface area (Å²) in [7, 11) is 0. The molecule has 1 aromatic rings. The molecule has 0 bridgehead atoms. The minimum Gasteiger partial charge on any atom is -0.545 e. The van der Waals surface area contributed by atoms with E-state index in [1.165, 1.54) is 76.2 Å². The molecule has 3 fully saturated rings. The Morgan fingerprint density at radius 3 is 1.36 bits per heavy atom. The molecule has 0 atom stereocenters. The van der Waals surface area contributed by atoms with Crippen LogP contribution < -0.4 is 34.7 Å². The van der Waals surface area contributed by atoms with Crippen molar-refractivity contribution in [3.63, 3.8) is 0 Å². The molecule has 28 heavy (non-hydrogen) atoms. The van der Waals surface area contributed by atoms with Gasteiger partial charge >= 0.3 is 29.6 Å². The van der Waals surface area contributed by atoms with E-state index >= 15 is 0 Å². The van der Waals surface area contributed by atoms with Gasteiger partial charge in [0.05, 0.1) is 5.97 Å². The van der Waals surface area contributed by atoms with E-state index in [2.05, 4.69) is 12.1 Å². The largest absolute Gasteiger partial charge is 1.00 e. The Hall–Kier alpha value is -0.310. The summed E-state index contributed by atoms with van der Waals surface area (Å²) in [4.78, 5) is 12.3. The molecule has 3 aliphatic carbocycles. The van der Waals surface area contributed by atoms with Crippen molar-refractivity contribution in [1.82, 2.24) is 0 Å². The number of carboxylic acid groups (broad SMARTS) is 1. The molecule has 4 rings (SSSR count). The third kappa shape index (κ3) is 5.05. The average molecular weight is 391 g/mol. The first-order valence-corrected chi connectivity index (χ1v) is 11.6. The van der Waals surface area contributed by atoms with Crippen molar-refractivity contribution in [3.05, 3.63) is 34.4 Å². The average Bonchev–Trinajstić information content (AvgIpc) is 2.74. The molecule has 0 aliphatic heterocycles. The summed E-state index contributed by atoms with van der Waals surface area (Å²) in [6.07, 6.45) is 18.7. The molecule has 0 spiro atoms. The fraction of sp³-hybridized carbons (Fsp3) is 0.720. The van der Waals surface area contributed by atoms with E-state index in [-0.39, 0.29) is 29.6 Å². The third-order valence-corrected chi connectivity index (χ3v) is 7.59. The van der Waals surface area contributed by atoms with Crippen LogP contribution in [-0.2, 0) is 0 Å². The van der Waals surface area contributed by atoms with Crippen LogP contribution in [0.5, 0.6) is 0 Å². The van der Waals surface area contributed by atoms with Crippen molar-refractivity contribution in [2.75, 3.05) is 0 Å². The normalized spacial score (nSPS) is 22.6. The maximum Gasteiger partial charge on any atom is 1.00 e. The number of hydrogen-bond acceptors (Lipinski definition) is 2. The van der Waals surface area contributed by atoms with Gasteiger partial charge in [0.1, 0.15) is 0 Å². The monoisotopic (exact) mass is 390 g/mol. The molecular formula is C25H35NaO2. The van der Waals surface area contributed by atoms with Gasteiger partial charge in [-0.15, -0.1) is 0 Å². The van der Waals surface area contributed by atoms with Crippen LogP contribution in [0.2, 0.25) is 0 Å². The zero-order chi connectivity index (χ0) is 18.6. The molecular weight excluding hydrogens is 355 g/mol. The molecule has 2 nitrogen and oxygen atoms in total. The Labute approximate surface area is 193 Å². The molecule has 0 heterocycles. The van der Waals surface area contributed by atoms with Crippen LogP contribution in [0, 0.1) is 0 Å². The van der Waals surface area contributed by atoms with Gasteiger partial charge in [-0.2, -0.15) is 0 Å². The standard InChI is InChI=1S/C25H36O2.Na/c26-25(27)24-22(19-12-6-2-7-13-19)16-21(18-10-4-1-5-11-18)17-23(24)20-14-8-3-9-15-20;/h16-20H,1-15H2,(H,26,27);/q;+1/p-1. The summed E-state index contributed by atoms with van der Waals surface area (Å²) in [5.74, 6) is 0.570. The topological polar surface area (TPSA) is 40.1 Å². The maximum atomic E-state index is 12.3. The maximum absolute atomic E-state index is 12.3. The number of hydrogen-bond donors (Lipinski definition) is 0. The predicted octanol–water partition coefficient (Wildman–Crippen LogP) is 3.20. The van der Waals surface area contributed by atoms with Gasteiger partial charge in [0.15, 0.2) is 0 Å². The molecule has 3 heteroatoms. The first-order chi connectivity index (χ1) is 13.2. The van der Waals surface area contributed by atoms with Gasteiger partial charge in [-0.3, -0.25) is 0 Å². The fourth-order valence-electron chi connectivity index (χ4n) is 6.09. The second-order valence-electron chi connectivity index (χ2n) is 9.37. The molecule has 0 saturated heterocycles. The van der Waals surface area contributed by atoms with Crippen LogP contribution in [-0.4, -0.2) is 5.97 Å². The van der Waals surface area contributed by atoms with E-state index in [0.717, 1.165) is 36.8 Å². The zero-order valence-electron chi connectivity index (χ0n) is 17.8. The van der Waals surface area contributed by atoms with Crippen molar-refractivity contribution < 1.29 is 39.5 Å². The SMILES string of the molecule is O=C([O-])c1c(C2CCCCC2)cc(C2CCCCC2)cc1C1CCCCC1.[Na+]. The Morgan fingerprint density at radius 2 is 1.00 bits per heavy atom. The van der Waals surface area contributed by atoms with Crippen LogP contribution in [0.15, 0.2) is 12.1 Å². The summed E-state index contributed by atoms with van der Waals surface area (Å²) in [5.41, 5.74) is 4.31. The Kier molecular flexibility index (Phi) is 8.50. The summed E-state index contributed by atoms with van der Waals surface area (Å²) < 4.78 is 0. The van der Waals surface area contributed by atoms with E-state index in [4.69, 9.17) is 0 Å². The Balaban J connectivity index is 0.00000225. The van der Waals surface area contributed by atoms with Crippen LogP contribution in [0.1, 0.15) is 141 Å². The zero-order valence-corrected chi connectivity index (χ0v) is 19.8. The minimum absolute atomic E-state index is 0. The van der Waals surface area contributed by atoms with Gasteiger partial charge in [0.25, 0.3) is 0 Å². The Bertz CT molecular complexity index is 612. The molecule has 3 saturated carbocycles. The van der Waals surface area contributed by atoms with E-state index in [1.54, 1.807) is 0 Å². The number of rotatable bonds is 4. The third-order valence-electron chi connectivity index (χ3n) is 7.59. The summed E-state index contributed by atoms with van der Waals surface area (Å²) >= 11 is 0. The number of benzene rings is 1.